The number of carbonyl (C=O) groups excluding carboxylic acids is 2. The Bertz CT molecular complexity index is 1090. The lowest BCUT2D eigenvalue weighted by Crippen LogP contribution is -2.43. The SMILES string of the molecule is O=C(Nc1sc2c(c1C(=O)N1CCC(F)(F)CC1)CCOC2)c1c(F)cccc1C(F)(F)F. The highest BCUT2D eigenvalue weighted by molar-refractivity contribution is 7.17. The molecule has 1 aromatic carbocycles. The summed E-state index contributed by atoms with van der Waals surface area (Å²) in [6, 6.07) is 2.17. The number of fused-ring (bicyclic) bond motifs is 1. The lowest BCUT2D eigenvalue weighted by atomic mass is 10.0. The Morgan fingerprint density at radius 2 is 1.82 bits per heavy atom. The normalized spacial score (nSPS) is 18.1. The molecule has 33 heavy (non-hydrogen) atoms. The van der Waals surface area contributed by atoms with Crippen LogP contribution in [0.2, 0.25) is 0 Å². The Kier molecular flexibility index (Phi) is 6.16. The fourth-order valence-corrected chi connectivity index (χ4v) is 5.07. The third kappa shape index (κ3) is 4.72. The minimum absolute atomic E-state index is 0.0294. The second kappa shape index (κ2) is 8.64. The van der Waals surface area contributed by atoms with Crippen molar-refractivity contribution in [2.75, 3.05) is 25.0 Å². The summed E-state index contributed by atoms with van der Waals surface area (Å²) in [5, 5.41) is 2.20. The molecule has 0 saturated carbocycles. The number of nitrogens with zero attached hydrogens (tertiary/aromatic N) is 1. The molecule has 5 nitrogen and oxygen atoms in total. The molecule has 0 atom stereocenters. The van der Waals surface area contributed by atoms with E-state index in [1.54, 1.807) is 0 Å². The average Bonchev–Trinajstić information content (AvgIpc) is 3.10. The molecule has 2 amide bonds. The van der Waals surface area contributed by atoms with Crippen LogP contribution >= 0.6 is 11.3 Å². The van der Waals surface area contributed by atoms with Crippen LogP contribution in [-0.4, -0.2) is 42.3 Å². The average molecular weight is 492 g/mol. The second-order valence-electron chi connectivity index (χ2n) is 7.77. The topological polar surface area (TPSA) is 58.6 Å². The summed E-state index contributed by atoms with van der Waals surface area (Å²) in [6.45, 7) is 0.000473. The van der Waals surface area contributed by atoms with E-state index in [-0.39, 0.29) is 36.9 Å². The van der Waals surface area contributed by atoms with E-state index in [0.717, 1.165) is 23.5 Å². The van der Waals surface area contributed by atoms with Crippen molar-refractivity contribution in [1.82, 2.24) is 4.90 Å². The Morgan fingerprint density at radius 3 is 2.48 bits per heavy atom. The molecule has 12 heteroatoms. The van der Waals surface area contributed by atoms with Gasteiger partial charge >= 0.3 is 6.18 Å². The number of hydrogen-bond acceptors (Lipinski definition) is 4. The lowest BCUT2D eigenvalue weighted by Gasteiger charge is -2.32. The van der Waals surface area contributed by atoms with E-state index in [1.165, 1.54) is 4.90 Å². The summed E-state index contributed by atoms with van der Waals surface area (Å²) >= 11 is 0.940. The Labute approximate surface area is 188 Å². The van der Waals surface area contributed by atoms with Crippen molar-refractivity contribution >= 4 is 28.2 Å². The summed E-state index contributed by atoms with van der Waals surface area (Å²) in [6.07, 6.45) is -5.70. The molecule has 1 saturated heterocycles. The van der Waals surface area contributed by atoms with E-state index in [1.807, 2.05) is 0 Å². The highest BCUT2D eigenvalue weighted by Gasteiger charge is 2.39. The molecule has 0 bridgehead atoms. The van der Waals surface area contributed by atoms with Crippen molar-refractivity contribution in [2.24, 2.45) is 0 Å². The molecule has 1 fully saturated rings. The molecule has 2 aliphatic rings. The first-order valence-electron chi connectivity index (χ1n) is 10.0. The standard InChI is InChI=1S/C21H18F6N2O3S/c22-13-3-1-2-12(21(25,26)27)16(13)17(30)28-18-15(11-4-9-32-10-14(11)33-18)19(31)29-7-5-20(23,24)6-8-29/h1-3H,4-10H2,(H,28,30). The molecule has 0 unspecified atom stereocenters. The van der Waals surface area contributed by atoms with Crippen LogP contribution in [0.3, 0.4) is 0 Å². The van der Waals surface area contributed by atoms with Gasteiger partial charge in [-0.2, -0.15) is 13.2 Å². The first kappa shape index (κ1) is 23.6. The predicted molar refractivity (Wildman–Crippen MR) is 107 cm³/mol. The van der Waals surface area contributed by atoms with Crippen LogP contribution in [0, 0.1) is 5.82 Å². The number of ether oxygens (including phenoxy) is 1. The number of alkyl halides is 5. The number of thiophene rings is 1. The number of benzene rings is 1. The van der Waals surface area contributed by atoms with Gasteiger partial charge in [0.25, 0.3) is 17.7 Å². The van der Waals surface area contributed by atoms with Gasteiger partial charge in [0, 0.05) is 30.8 Å². The van der Waals surface area contributed by atoms with Gasteiger partial charge in [0.05, 0.1) is 29.9 Å². The molecule has 0 aliphatic carbocycles. The van der Waals surface area contributed by atoms with Gasteiger partial charge in [-0.3, -0.25) is 9.59 Å². The number of likely N-dealkylation sites (tertiary alicyclic amines) is 1. The van der Waals surface area contributed by atoms with Gasteiger partial charge in [0.2, 0.25) is 0 Å². The maximum Gasteiger partial charge on any atom is 0.417 e. The number of piperidine rings is 1. The van der Waals surface area contributed by atoms with E-state index < -0.39 is 53.7 Å². The highest BCUT2D eigenvalue weighted by Crippen LogP contribution is 2.40. The molecule has 1 N–H and O–H groups in total. The number of rotatable bonds is 3. The smallest absolute Gasteiger partial charge is 0.376 e. The number of hydrogen-bond donors (Lipinski definition) is 1. The van der Waals surface area contributed by atoms with E-state index in [9.17, 15) is 35.9 Å². The van der Waals surface area contributed by atoms with Crippen LogP contribution in [0.15, 0.2) is 18.2 Å². The van der Waals surface area contributed by atoms with Crippen molar-refractivity contribution in [2.45, 2.75) is 38.0 Å². The van der Waals surface area contributed by atoms with Crippen molar-refractivity contribution < 1.29 is 40.7 Å². The van der Waals surface area contributed by atoms with Crippen LogP contribution in [-0.2, 0) is 23.9 Å². The molecular weight excluding hydrogens is 474 g/mol. The van der Waals surface area contributed by atoms with Gasteiger partial charge in [0.1, 0.15) is 10.8 Å². The zero-order valence-corrected chi connectivity index (χ0v) is 17.8. The van der Waals surface area contributed by atoms with Crippen LogP contribution < -0.4 is 5.32 Å². The zero-order chi connectivity index (χ0) is 24.0. The minimum atomic E-state index is -4.98. The van der Waals surface area contributed by atoms with Crippen LogP contribution in [0.1, 0.15) is 49.6 Å². The van der Waals surface area contributed by atoms with Gasteiger partial charge < -0.3 is 15.0 Å². The quantitative estimate of drug-likeness (QED) is 0.607. The summed E-state index contributed by atoms with van der Waals surface area (Å²) in [4.78, 5) is 27.8. The molecule has 0 radical (unpaired) electrons. The van der Waals surface area contributed by atoms with Gasteiger partial charge in [-0.15, -0.1) is 11.3 Å². The molecule has 3 heterocycles. The Balaban J connectivity index is 1.69. The number of anilines is 1. The van der Waals surface area contributed by atoms with Crippen molar-refractivity contribution in [3.63, 3.8) is 0 Å². The van der Waals surface area contributed by atoms with Gasteiger partial charge in [-0.25, -0.2) is 13.2 Å². The van der Waals surface area contributed by atoms with Crippen molar-refractivity contribution in [3.8, 4) is 0 Å². The highest BCUT2D eigenvalue weighted by atomic mass is 32.1. The lowest BCUT2D eigenvalue weighted by molar-refractivity contribution is -0.138. The van der Waals surface area contributed by atoms with E-state index in [4.69, 9.17) is 4.74 Å². The first-order valence-corrected chi connectivity index (χ1v) is 10.9. The van der Waals surface area contributed by atoms with Crippen molar-refractivity contribution in [1.29, 1.82) is 0 Å². The first-order chi connectivity index (χ1) is 15.5. The van der Waals surface area contributed by atoms with E-state index in [0.29, 0.717) is 22.9 Å². The van der Waals surface area contributed by atoms with Crippen LogP contribution in [0.25, 0.3) is 0 Å². The van der Waals surface area contributed by atoms with Crippen LogP contribution in [0.4, 0.5) is 31.3 Å². The fraction of sp³-hybridized carbons (Fsp3) is 0.429. The number of amides is 2. The Hall–Kier alpha value is -2.60. The summed E-state index contributed by atoms with van der Waals surface area (Å²) < 4.78 is 86.7. The molecule has 1 aromatic heterocycles. The molecular formula is C21H18F6N2O3S. The number of carbonyl (C=O) groups is 2. The van der Waals surface area contributed by atoms with Gasteiger partial charge in [-0.05, 0) is 24.1 Å². The van der Waals surface area contributed by atoms with Gasteiger partial charge in [-0.1, -0.05) is 6.07 Å². The minimum Gasteiger partial charge on any atom is -0.376 e. The van der Waals surface area contributed by atoms with E-state index in [2.05, 4.69) is 5.32 Å². The summed E-state index contributed by atoms with van der Waals surface area (Å²) in [5.74, 6) is -6.21. The third-order valence-corrected chi connectivity index (χ3v) is 6.71. The van der Waals surface area contributed by atoms with Crippen LogP contribution in [0.5, 0.6) is 0 Å². The third-order valence-electron chi connectivity index (χ3n) is 5.59. The maximum absolute atomic E-state index is 14.3. The van der Waals surface area contributed by atoms with E-state index >= 15 is 0 Å². The molecule has 178 valence electrons. The molecule has 2 aliphatic heterocycles. The molecule has 0 spiro atoms. The Morgan fingerprint density at radius 1 is 1.12 bits per heavy atom. The molecule has 4 rings (SSSR count). The second-order valence-corrected chi connectivity index (χ2v) is 8.88. The zero-order valence-electron chi connectivity index (χ0n) is 17.0. The predicted octanol–water partition coefficient (Wildman–Crippen LogP) is 5.10. The molecule has 2 aromatic rings. The fourth-order valence-electron chi connectivity index (χ4n) is 3.90. The summed E-state index contributed by atoms with van der Waals surface area (Å²) in [5.41, 5.74) is -2.06. The number of halogens is 6. The van der Waals surface area contributed by atoms with Gasteiger partial charge in [0.15, 0.2) is 0 Å². The largest absolute Gasteiger partial charge is 0.417 e. The monoisotopic (exact) mass is 492 g/mol. The summed E-state index contributed by atoms with van der Waals surface area (Å²) in [7, 11) is 0. The number of nitrogens with one attached hydrogen (secondary N) is 1. The van der Waals surface area contributed by atoms with Crippen molar-refractivity contribution in [3.05, 3.63) is 51.1 Å². The maximum atomic E-state index is 14.3.